The molecule has 1 rings (SSSR count). The topological polar surface area (TPSA) is 78.2 Å². The third-order valence-electron chi connectivity index (χ3n) is 2.01. The number of alkyl halides is 2. The van der Waals surface area contributed by atoms with Crippen molar-refractivity contribution in [1.82, 2.24) is 0 Å². The minimum Gasteiger partial charge on any atom is -0.387 e. The maximum absolute atomic E-state index is 13.2. The number of rotatable bonds is 2. The van der Waals surface area contributed by atoms with Gasteiger partial charge in [0.25, 0.3) is 0 Å². The Labute approximate surface area is 88.8 Å². The summed E-state index contributed by atoms with van der Waals surface area (Å²) in [6.45, 7) is 0. The van der Waals surface area contributed by atoms with Gasteiger partial charge in [-0.15, -0.1) is 0 Å². The summed E-state index contributed by atoms with van der Waals surface area (Å²) in [7, 11) is 1.49. The Hall–Kier alpha value is -0.0451. The van der Waals surface area contributed by atoms with Gasteiger partial charge >= 0.3 is 0 Å². The maximum Gasteiger partial charge on any atom is 0.183 e. The molecule has 1 aliphatic heterocycles. The molecule has 1 fully saturated rings. The number of aliphatic hydroxyl groups is 1. The fourth-order valence-corrected chi connectivity index (χ4v) is 2.04. The lowest BCUT2D eigenvalue weighted by molar-refractivity contribution is -0.0422. The van der Waals surface area contributed by atoms with Gasteiger partial charge in [-0.1, -0.05) is 27.7 Å². The predicted molar refractivity (Wildman–Crippen MR) is 55.1 cm³/mol. The van der Waals surface area contributed by atoms with E-state index in [2.05, 4.69) is 10.0 Å². The fraction of sp³-hybridized carbons (Fsp3) is 1.00. The van der Waals surface area contributed by atoms with Crippen molar-refractivity contribution in [2.24, 2.45) is 5.11 Å². The first-order valence-electron chi connectivity index (χ1n) is 3.69. The Morgan fingerprint density at radius 1 is 1.85 bits per heavy atom. The van der Waals surface area contributed by atoms with Crippen molar-refractivity contribution in [1.29, 1.82) is 0 Å². The Morgan fingerprint density at radius 2 is 2.46 bits per heavy atom. The van der Waals surface area contributed by atoms with Gasteiger partial charge < -0.3 is 9.84 Å². The maximum atomic E-state index is 13.2. The van der Waals surface area contributed by atoms with Gasteiger partial charge in [-0.25, -0.2) is 4.39 Å². The van der Waals surface area contributed by atoms with Crippen LogP contribution in [0.3, 0.4) is 0 Å². The molecule has 5 nitrogen and oxygen atoms in total. The Balaban J connectivity index is 2.95. The summed E-state index contributed by atoms with van der Waals surface area (Å²) >= 11 is 1.88. The summed E-state index contributed by atoms with van der Waals surface area (Å²) in [6.07, 6.45) is -2.88. The van der Waals surface area contributed by atoms with E-state index in [-0.39, 0.29) is 4.43 Å². The third kappa shape index (κ3) is 1.76. The highest BCUT2D eigenvalue weighted by atomic mass is 127. The van der Waals surface area contributed by atoms with Crippen molar-refractivity contribution in [3.05, 3.63) is 10.4 Å². The molecule has 0 saturated carbocycles. The molecule has 13 heavy (non-hydrogen) atoms. The summed E-state index contributed by atoms with van der Waals surface area (Å²) in [5.74, 6) is 0. The Morgan fingerprint density at radius 3 is 2.77 bits per heavy atom. The highest BCUT2D eigenvalue weighted by Gasteiger charge is 2.52. The average Bonchev–Trinajstić information content (AvgIpc) is 2.32. The molecular formula is C5H8BFIN3O2. The van der Waals surface area contributed by atoms with E-state index in [1.165, 1.54) is 7.85 Å². The normalized spacial score (nSPS) is 44.4. The monoisotopic (exact) mass is 299 g/mol. The molecule has 4 unspecified atom stereocenters. The van der Waals surface area contributed by atoms with E-state index >= 15 is 0 Å². The molecule has 0 aliphatic carbocycles. The van der Waals surface area contributed by atoms with E-state index in [0.717, 1.165) is 0 Å². The number of azide groups is 1. The van der Waals surface area contributed by atoms with Crippen molar-refractivity contribution in [3.8, 4) is 0 Å². The van der Waals surface area contributed by atoms with Crippen LogP contribution in [-0.2, 0) is 4.74 Å². The van der Waals surface area contributed by atoms with E-state index < -0.39 is 24.0 Å². The van der Waals surface area contributed by atoms with Crippen LogP contribution in [0.1, 0.15) is 0 Å². The third-order valence-corrected chi connectivity index (χ3v) is 3.10. The minimum absolute atomic E-state index is 0.223. The van der Waals surface area contributed by atoms with Gasteiger partial charge in [-0.05, 0) is 5.53 Å². The largest absolute Gasteiger partial charge is 0.387 e. The van der Waals surface area contributed by atoms with Crippen LogP contribution >= 0.6 is 22.6 Å². The Bertz CT molecular complexity index is 252. The summed E-state index contributed by atoms with van der Waals surface area (Å²) in [4.78, 5) is 2.55. The lowest BCUT2D eigenvalue weighted by Gasteiger charge is -2.23. The van der Waals surface area contributed by atoms with Crippen LogP contribution in [0, 0.1) is 0 Å². The number of nitrogens with zero attached hydrogens (tertiary/aromatic N) is 3. The molecule has 0 aromatic rings. The summed E-state index contributed by atoms with van der Waals surface area (Å²) < 4.78 is 18.5. The lowest BCUT2D eigenvalue weighted by Crippen LogP contribution is -2.41. The second-order valence-corrected chi connectivity index (χ2v) is 3.64. The number of halogens is 2. The lowest BCUT2D eigenvalue weighted by atomic mass is 9.93. The molecule has 0 amide bonds. The summed E-state index contributed by atoms with van der Waals surface area (Å²) in [5, 5.41) is 12.8. The van der Waals surface area contributed by atoms with Crippen molar-refractivity contribution >= 4 is 30.4 Å². The van der Waals surface area contributed by atoms with Gasteiger partial charge in [-0.3, -0.25) is 0 Å². The van der Waals surface area contributed by atoms with Crippen molar-refractivity contribution < 1.29 is 14.2 Å². The molecular weight excluding hydrogens is 291 g/mol. The van der Waals surface area contributed by atoms with E-state index in [1.807, 2.05) is 22.6 Å². The van der Waals surface area contributed by atoms with E-state index in [1.54, 1.807) is 0 Å². The molecule has 0 aromatic carbocycles. The zero-order valence-electron chi connectivity index (χ0n) is 6.89. The first-order chi connectivity index (χ1) is 6.07. The van der Waals surface area contributed by atoms with Crippen LogP contribution in [-0.4, -0.2) is 41.4 Å². The second kappa shape index (κ2) is 3.99. The van der Waals surface area contributed by atoms with Gasteiger partial charge in [0.15, 0.2) is 5.72 Å². The van der Waals surface area contributed by atoms with Gasteiger partial charge in [-0.2, -0.15) is 0 Å². The standard InChI is InChI=1S/C5H8BFIN3O2/c6-4-2(7)3(12)5(1-8,13-4)10-11-9/h2-4,12H,1,6H2. The van der Waals surface area contributed by atoms with Crippen LogP contribution in [0.5, 0.6) is 0 Å². The van der Waals surface area contributed by atoms with E-state index in [9.17, 15) is 9.50 Å². The van der Waals surface area contributed by atoms with Gasteiger partial charge in [0.1, 0.15) is 20.1 Å². The number of hydrogen-bond acceptors (Lipinski definition) is 3. The van der Waals surface area contributed by atoms with Gasteiger partial charge in [0, 0.05) is 9.34 Å². The summed E-state index contributed by atoms with van der Waals surface area (Å²) in [5.41, 5.74) is 6.82. The smallest absolute Gasteiger partial charge is 0.183 e. The number of aliphatic hydroxyl groups excluding tert-OH is 1. The quantitative estimate of drug-likeness (QED) is 0.196. The molecule has 0 bridgehead atoms. The average molecular weight is 299 g/mol. The van der Waals surface area contributed by atoms with E-state index in [4.69, 9.17) is 10.3 Å². The van der Waals surface area contributed by atoms with Gasteiger partial charge in [0.05, 0.1) is 6.00 Å². The van der Waals surface area contributed by atoms with Crippen molar-refractivity contribution in [3.63, 3.8) is 0 Å². The second-order valence-electron chi connectivity index (χ2n) is 2.88. The Kier molecular flexibility index (Phi) is 3.39. The van der Waals surface area contributed by atoms with E-state index in [0.29, 0.717) is 0 Å². The highest BCUT2D eigenvalue weighted by Crippen LogP contribution is 2.34. The highest BCUT2D eigenvalue weighted by molar-refractivity contribution is 14.1. The molecule has 72 valence electrons. The van der Waals surface area contributed by atoms with Crippen molar-refractivity contribution in [2.45, 2.75) is 24.0 Å². The van der Waals surface area contributed by atoms with Crippen LogP contribution in [0.4, 0.5) is 4.39 Å². The molecule has 0 radical (unpaired) electrons. The SMILES string of the molecule is BC1OC(CI)(N=[N+]=[N-])C(O)C1F. The van der Waals surface area contributed by atoms with Crippen LogP contribution < -0.4 is 0 Å². The first kappa shape index (κ1) is 11.0. The minimum atomic E-state index is -1.50. The molecule has 0 spiro atoms. The molecule has 8 heteroatoms. The fourth-order valence-electron chi connectivity index (χ4n) is 1.26. The number of hydrogen-bond donors (Lipinski definition) is 1. The molecule has 1 aliphatic rings. The molecule has 1 heterocycles. The molecule has 1 saturated heterocycles. The predicted octanol–water partition coefficient (Wildman–Crippen LogP) is 0.116. The molecule has 4 atom stereocenters. The number of ether oxygens (including phenoxy) is 1. The molecule has 0 aromatic heterocycles. The zero-order valence-corrected chi connectivity index (χ0v) is 9.05. The zero-order chi connectivity index (χ0) is 10.1. The first-order valence-corrected chi connectivity index (χ1v) is 5.22. The van der Waals surface area contributed by atoms with Crippen molar-refractivity contribution in [2.75, 3.05) is 4.43 Å². The van der Waals surface area contributed by atoms with Crippen LogP contribution in [0.15, 0.2) is 5.11 Å². The molecule has 1 N–H and O–H groups in total. The van der Waals surface area contributed by atoms with Crippen LogP contribution in [0.2, 0.25) is 0 Å². The van der Waals surface area contributed by atoms with Gasteiger partial charge in [0.2, 0.25) is 0 Å². The summed E-state index contributed by atoms with van der Waals surface area (Å²) in [6, 6.07) is -0.740. The van der Waals surface area contributed by atoms with Crippen LogP contribution in [0.25, 0.3) is 10.4 Å².